The Bertz CT molecular complexity index is 486. The molecule has 1 heterocycles. The van der Waals surface area contributed by atoms with Crippen molar-refractivity contribution in [3.05, 3.63) is 20.8 Å². The van der Waals surface area contributed by atoms with Crippen LogP contribution < -0.4 is 11.1 Å². The van der Waals surface area contributed by atoms with Crippen molar-refractivity contribution in [2.24, 2.45) is 23.0 Å². The zero-order chi connectivity index (χ0) is 14.9. The van der Waals surface area contributed by atoms with Gasteiger partial charge in [0.1, 0.15) is 0 Å². The molecule has 3 atom stereocenters. The quantitative estimate of drug-likeness (QED) is 0.868. The zero-order valence-corrected chi connectivity index (χ0v) is 14.7. The molecule has 0 spiro atoms. The van der Waals surface area contributed by atoms with Crippen molar-refractivity contribution in [3.8, 4) is 0 Å². The van der Waals surface area contributed by atoms with Gasteiger partial charge in [-0.05, 0) is 52.2 Å². The minimum absolute atomic E-state index is 0.0439. The third-order valence-electron chi connectivity index (χ3n) is 4.88. The topological polar surface area (TPSA) is 55.1 Å². The standard InChI is InChI=1S/C15H23BrN2OS/c1-9-12(17)6-5-11(15(9,2)3)14(19)18-8-10-4-7-13(16)20-10/h4,7,9,11-12H,5-6,8,17H2,1-3H3,(H,18,19). The molecule has 1 amide bonds. The van der Waals surface area contributed by atoms with Crippen molar-refractivity contribution in [1.29, 1.82) is 0 Å². The number of halogens is 1. The summed E-state index contributed by atoms with van der Waals surface area (Å²) < 4.78 is 1.10. The summed E-state index contributed by atoms with van der Waals surface area (Å²) in [7, 11) is 0. The second kappa shape index (κ2) is 6.16. The van der Waals surface area contributed by atoms with Gasteiger partial charge >= 0.3 is 0 Å². The fraction of sp³-hybridized carbons (Fsp3) is 0.667. The molecule has 20 heavy (non-hydrogen) atoms. The highest BCUT2D eigenvalue weighted by Crippen LogP contribution is 2.44. The molecule has 1 fully saturated rings. The fourth-order valence-corrected chi connectivity index (χ4v) is 4.49. The van der Waals surface area contributed by atoms with E-state index in [2.05, 4.69) is 42.0 Å². The Morgan fingerprint density at radius 1 is 1.50 bits per heavy atom. The van der Waals surface area contributed by atoms with Crippen molar-refractivity contribution in [2.45, 2.75) is 46.2 Å². The van der Waals surface area contributed by atoms with Gasteiger partial charge in [-0.3, -0.25) is 4.79 Å². The summed E-state index contributed by atoms with van der Waals surface area (Å²) in [6.45, 7) is 7.12. The fourth-order valence-electron chi connectivity index (χ4n) is 3.06. The monoisotopic (exact) mass is 358 g/mol. The van der Waals surface area contributed by atoms with E-state index in [0.717, 1.165) is 16.6 Å². The predicted octanol–water partition coefficient (Wildman–Crippen LogP) is 3.53. The number of amides is 1. The molecular weight excluding hydrogens is 336 g/mol. The van der Waals surface area contributed by atoms with E-state index < -0.39 is 0 Å². The molecule has 0 aromatic carbocycles. The first-order chi connectivity index (χ1) is 9.32. The third-order valence-corrected chi connectivity index (χ3v) is 6.51. The van der Waals surface area contributed by atoms with Gasteiger partial charge in [0.15, 0.2) is 0 Å². The Morgan fingerprint density at radius 3 is 2.80 bits per heavy atom. The molecule has 1 aromatic rings. The Hall–Kier alpha value is -0.390. The summed E-state index contributed by atoms with van der Waals surface area (Å²) in [5.74, 6) is 0.585. The lowest BCUT2D eigenvalue weighted by Gasteiger charge is -2.46. The zero-order valence-electron chi connectivity index (χ0n) is 12.3. The SMILES string of the molecule is CC1C(N)CCC(C(=O)NCc2ccc(Br)s2)C1(C)C. The molecule has 3 nitrogen and oxygen atoms in total. The molecule has 0 bridgehead atoms. The molecule has 1 aliphatic rings. The predicted molar refractivity (Wildman–Crippen MR) is 87.5 cm³/mol. The molecule has 3 N–H and O–H groups in total. The maximum Gasteiger partial charge on any atom is 0.223 e. The van der Waals surface area contributed by atoms with Gasteiger partial charge in [-0.1, -0.05) is 20.8 Å². The molecule has 1 saturated carbocycles. The highest BCUT2D eigenvalue weighted by Gasteiger charge is 2.44. The van der Waals surface area contributed by atoms with Gasteiger partial charge in [0, 0.05) is 16.8 Å². The van der Waals surface area contributed by atoms with E-state index in [0.29, 0.717) is 12.5 Å². The highest BCUT2D eigenvalue weighted by atomic mass is 79.9. The minimum Gasteiger partial charge on any atom is -0.351 e. The molecule has 112 valence electrons. The molecule has 0 aliphatic heterocycles. The van der Waals surface area contributed by atoms with E-state index >= 15 is 0 Å². The summed E-state index contributed by atoms with van der Waals surface area (Å²) >= 11 is 5.10. The molecule has 5 heteroatoms. The molecule has 1 aromatic heterocycles. The Labute approximate surface area is 133 Å². The normalized spacial score (nSPS) is 29.1. The Balaban J connectivity index is 1.98. The van der Waals surface area contributed by atoms with Crippen LogP contribution in [-0.2, 0) is 11.3 Å². The average Bonchev–Trinajstić information content (AvgIpc) is 2.79. The molecule has 2 rings (SSSR count). The van der Waals surface area contributed by atoms with E-state index in [1.54, 1.807) is 11.3 Å². The van der Waals surface area contributed by atoms with Gasteiger partial charge in [-0.2, -0.15) is 0 Å². The van der Waals surface area contributed by atoms with Crippen molar-refractivity contribution in [2.75, 3.05) is 0 Å². The first kappa shape index (κ1) is 16.0. The third kappa shape index (κ3) is 3.26. The van der Waals surface area contributed by atoms with Gasteiger partial charge in [0.25, 0.3) is 0 Å². The van der Waals surface area contributed by atoms with Gasteiger partial charge in [-0.25, -0.2) is 0 Å². The Morgan fingerprint density at radius 2 is 2.20 bits per heavy atom. The van der Waals surface area contributed by atoms with Crippen molar-refractivity contribution in [1.82, 2.24) is 5.32 Å². The van der Waals surface area contributed by atoms with Crippen LogP contribution in [0.3, 0.4) is 0 Å². The van der Waals surface area contributed by atoms with Crippen LogP contribution in [0.2, 0.25) is 0 Å². The number of nitrogens with one attached hydrogen (secondary N) is 1. The maximum absolute atomic E-state index is 12.5. The maximum atomic E-state index is 12.5. The average molecular weight is 359 g/mol. The van der Waals surface area contributed by atoms with Crippen molar-refractivity contribution < 1.29 is 4.79 Å². The van der Waals surface area contributed by atoms with E-state index in [4.69, 9.17) is 5.73 Å². The van der Waals surface area contributed by atoms with Gasteiger partial charge in [0.05, 0.1) is 10.3 Å². The lowest BCUT2D eigenvalue weighted by molar-refractivity contribution is -0.132. The molecule has 3 unspecified atom stereocenters. The van der Waals surface area contributed by atoms with Gasteiger partial charge in [-0.15, -0.1) is 11.3 Å². The lowest BCUT2D eigenvalue weighted by atomic mass is 9.61. The second-order valence-electron chi connectivity index (χ2n) is 6.33. The lowest BCUT2D eigenvalue weighted by Crippen LogP contribution is -2.51. The van der Waals surface area contributed by atoms with E-state index in [9.17, 15) is 4.79 Å². The Kier molecular flexibility index (Phi) is 4.92. The summed E-state index contributed by atoms with van der Waals surface area (Å²) in [4.78, 5) is 13.7. The summed E-state index contributed by atoms with van der Waals surface area (Å²) in [5.41, 5.74) is 6.10. The summed E-state index contributed by atoms with van der Waals surface area (Å²) in [6.07, 6.45) is 1.83. The first-order valence-corrected chi connectivity index (χ1v) is 8.71. The van der Waals surface area contributed by atoms with Crippen LogP contribution in [0.15, 0.2) is 15.9 Å². The highest BCUT2D eigenvalue weighted by molar-refractivity contribution is 9.11. The number of carbonyl (C=O) groups is 1. The van der Waals surface area contributed by atoms with E-state index in [1.165, 1.54) is 4.88 Å². The number of nitrogens with two attached hydrogens (primary N) is 1. The number of hydrogen-bond acceptors (Lipinski definition) is 3. The number of rotatable bonds is 3. The first-order valence-electron chi connectivity index (χ1n) is 7.10. The smallest absolute Gasteiger partial charge is 0.223 e. The van der Waals surface area contributed by atoms with Crippen LogP contribution in [0, 0.1) is 17.3 Å². The molecule has 0 saturated heterocycles. The van der Waals surface area contributed by atoms with Crippen LogP contribution in [0.1, 0.15) is 38.5 Å². The molecule has 1 aliphatic carbocycles. The van der Waals surface area contributed by atoms with Crippen LogP contribution in [0.4, 0.5) is 0 Å². The van der Waals surface area contributed by atoms with E-state index in [1.807, 2.05) is 12.1 Å². The van der Waals surface area contributed by atoms with Crippen LogP contribution >= 0.6 is 27.3 Å². The number of hydrogen-bond donors (Lipinski definition) is 2. The largest absolute Gasteiger partial charge is 0.351 e. The summed E-state index contributed by atoms with van der Waals surface area (Å²) in [5, 5.41) is 3.08. The number of carbonyl (C=O) groups excluding carboxylic acids is 1. The number of thiophene rings is 1. The minimum atomic E-state index is -0.0439. The molecule has 0 radical (unpaired) electrons. The van der Waals surface area contributed by atoms with Crippen LogP contribution in [0.5, 0.6) is 0 Å². The van der Waals surface area contributed by atoms with Crippen molar-refractivity contribution in [3.63, 3.8) is 0 Å². The van der Waals surface area contributed by atoms with E-state index in [-0.39, 0.29) is 23.3 Å². The second-order valence-corrected chi connectivity index (χ2v) is 8.88. The van der Waals surface area contributed by atoms with Gasteiger partial charge < -0.3 is 11.1 Å². The summed E-state index contributed by atoms with van der Waals surface area (Å²) in [6, 6.07) is 4.26. The van der Waals surface area contributed by atoms with Crippen molar-refractivity contribution >= 4 is 33.2 Å². The molecular formula is C15H23BrN2OS. The van der Waals surface area contributed by atoms with Crippen LogP contribution in [0.25, 0.3) is 0 Å². The van der Waals surface area contributed by atoms with Crippen LogP contribution in [-0.4, -0.2) is 11.9 Å². The van der Waals surface area contributed by atoms with Gasteiger partial charge in [0.2, 0.25) is 5.91 Å².